The van der Waals surface area contributed by atoms with Gasteiger partial charge in [-0.05, 0) is 6.07 Å². The Bertz CT molecular complexity index is 535. The zero-order valence-electron chi connectivity index (χ0n) is 11.4. The summed E-state index contributed by atoms with van der Waals surface area (Å²) in [5.74, 6) is 2.71. The predicted octanol–water partition coefficient (Wildman–Crippen LogP) is 2.04. The monoisotopic (exact) mass is 329 g/mol. The molecule has 1 unspecified atom stereocenters. The van der Waals surface area contributed by atoms with E-state index in [1.807, 2.05) is 23.5 Å². The van der Waals surface area contributed by atoms with E-state index in [4.69, 9.17) is 0 Å². The molecule has 114 valence electrons. The SMILES string of the molecule is COC(=O)c1ccc([N+](=O)[O-])c(NCC2CSCCS2)n1. The van der Waals surface area contributed by atoms with E-state index < -0.39 is 10.9 Å². The summed E-state index contributed by atoms with van der Waals surface area (Å²) in [6, 6.07) is 2.56. The summed E-state index contributed by atoms with van der Waals surface area (Å²) in [6.45, 7) is 0.579. The average Bonchev–Trinajstić information content (AvgIpc) is 2.52. The number of nitrogens with zero attached hydrogens (tertiary/aromatic N) is 2. The molecule has 7 nitrogen and oxygen atoms in total. The number of nitrogens with one attached hydrogen (secondary N) is 1. The van der Waals surface area contributed by atoms with Crippen molar-refractivity contribution < 1.29 is 14.5 Å². The molecule has 0 amide bonds. The van der Waals surface area contributed by atoms with Crippen LogP contribution in [0.25, 0.3) is 0 Å². The Kier molecular flexibility index (Phi) is 5.68. The molecule has 21 heavy (non-hydrogen) atoms. The number of esters is 1. The van der Waals surface area contributed by atoms with Gasteiger partial charge in [0.2, 0.25) is 5.82 Å². The molecular formula is C12H15N3O4S2. The van der Waals surface area contributed by atoms with Crippen LogP contribution in [0.4, 0.5) is 11.5 Å². The highest BCUT2D eigenvalue weighted by atomic mass is 32.2. The van der Waals surface area contributed by atoms with E-state index in [0.29, 0.717) is 11.8 Å². The van der Waals surface area contributed by atoms with E-state index in [9.17, 15) is 14.9 Å². The number of thioether (sulfide) groups is 2. The molecule has 1 aliphatic rings. The van der Waals surface area contributed by atoms with Crippen molar-refractivity contribution in [3.8, 4) is 0 Å². The lowest BCUT2D eigenvalue weighted by atomic mass is 10.3. The fraction of sp³-hybridized carbons (Fsp3) is 0.500. The number of carbonyl (C=O) groups is 1. The number of hydrogen-bond donors (Lipinski definition) is 1. The van der Waals surface area contributed by atoms with Crippen molar-refractivity contribution in [2.45, 2.75) is 5.25 Å². The first-order valence-electron chi connectivity index (χ1n) is 6.28. The van der Waals surface area contributed by atoms with Gasteiger partial charge >= 0.3 is 11.7 Å². The zero-order chi connectivity index (χ0) is 15.2. The number of carbonyl (C=O) groups excluding carboxylic acids is 1. The summed E-state index contributed by atoms with van der Waals surface area (Å²) in [6.07, 6.45) is 0. The van der Waals surface area contributed by atoms with Crippen LogP contribution < -0.4 is 5.32 Å². The van der Waals surface area contributed by atoms with Crippen LogP contribution in [0.5, 0.6) is 0 Å². The first kappa shape index (κ1) is 15.9. The van der Waals surface area contributed by atoms with Gasteiger partial charge in [-0.3, -0.25) is 10.1 Å². The second kappa shape index (κ2) is 7.51. The third-order valence-corrected chi connectivity index (χ3v) is 5.69. The molecule has 2 heterocycles. The van der Waals surface area contributed by atoms with Gasteiger partial charge in [0.15, 0.2) is 5.69 Å². The number of pyridine rings is 1. The summed E-state index contributed by atoms with van der Waals surface area (Å²) in [4.78, 5) is 26.0. The Morgan fingerprint density at radius 1 is 1.57 bits per heavy atom. The number of methoxy groups -OCH3 is 1. The van der Waals surface area contributed by atoms with Gasteiger partial charge in [0.1, 0.15) is 0 Å². The Balaban J connectivity index is 2.13. The number of aromatic nitrogens is 1. The number of anilines is 1. The van der Waals surface area contributed by atoms with Crippen LogP contribution in [-0.4, -0.2) is 52.0 Å². The summed E-state index contributed by atoms with van der Waals surface area (Å²) in [5, 5.41) is 14.4. The number of hydrogen-bond acceptors (Lipinski definition) is 8. The first-order valence-corrected chi connectivity index (χ1v) is 8.49. The molecule has 1 aliphatic heterocycles. The molecule has 1 saturated heterocycles. The fourth-order valence-corrected chi connectivity index (χ4v) is 4.42. The average molecular weight is 329 g/mol. The molecule has 2 rings (SSSR count). The van der Waals surface area contributed by atoms with Gasteiger partial charge < -0.3 is 10.1 Å². The maximum absolute atomic E-state index is 11.5. The van der Waals surface area contributed by atoms with E-state index in [0.717, 1.165) is 17.3 Å². The van der Waals surface area contributed by atoms with Gasteiger partial charge in [-0.25, -0.2) is 9.78 Å². The van der Waals surface area contributed by atoms with Gasteiger partial charge in [0.05, 0.1) is 12.0 Å². The third-order valence-electron chi connectivity index (χ3n) is 2.85. The van der Waals surface area contributed by atoms with E-state index in [1.54, 1.807) is 0 Å². The van der Waals surface area contributed by atoms with Crippen LogP contribution in [0.15, 0.2) is 12.1 Å². The topological polar surface area (TPSA) is 94.4 Å². The lowest BCUT2D eigenvalue weighted by molar-refractivity contribution is -0.384. The predicted molar refractivity (Wildman–Crippen MR) is 84.3 cm³/mol. The highest BCUT2D eigenvalue weighted by molar-refractivity contribution is 8.06. The Morgan fingerprint density at radius 3 is 3.00 bits per heavy atom. The van der Waals surface area contributed by atoms with Crippen molar-refractivity contribution in [1.82, 2.24) is 4.98 Å². The molecular weight excluding hydrogens is 314 g/mol. The standard InChI is InChI=1S/C12H15N3O4S2/c1-19-12(16)9-2-3-10(15(17)18)11(14-9)13-6-8-7-20-4-5-21-8/h2-3,8H,4-7H2,1H3,(H,13,14). The van der Waals surface area contributed by atoms with Crippen molar-refractivity contribution in [3.05, 3.63) is 27.9 Å². The van der Waals surface area contributed by atoms with E-state index >= 15 is 0 Å². The molecule has 0 bridgehead atoms. The lowest BCUT2D eigenvalue weighted by Gasteiger charge is -2.21. The van der Waals surface area contributed by atoms with Crippen LogP contribution >= 0.6 is 23.5 Å². The van der Waals surface area contributed by atoms with Crippen molar-refractivity contribution in [2.75, 3.05) is 36.2 Å². The first-order chi connectivity index (χ1) is 10.1. The minimum Gasteiger partial charge on any atom is -0.464 e. The largest absolute Gasteiger partial charge is 0.464 e. The Morgan fingerprint density at radius 2 is 2.38 bits per heavy atom. The van der Waals surface area contributed by atoms with Gasteiger partial charge in [-0.1, -0.05) is 0 Å². The molecule has 0 aromatic carbocycles. The molecule has 1 aromatic rings. The van der Waals surface area contributed by atoms with E-state index in [2.05, 4.69) is 15.0 Å². The van der Waals surface area contributed by atoms with E-state index in [1.165, 1.54) is 19.2 Å². The lowest BCUT2D eigenvalue weighted by Crippen LogP contribution is -2.24. The Labute approximate surface area is 130 Å². The van der Waals surface area contributed by atoms with Gasteiger partial charge in [-0.2, -0.15) is 23.5 Å². The second-order valence-corrected chi connectivity index (χ2v) is 6.82. The molecule has 1 fully saturated rings. The van der Waals surface area contributed by atoms with Gasteiger partial charge in [-0.15, -0.1) is 0 Å². The molecule has 0 radical (unpaired) electrons. The molecule has 1 N–H and O–H groups in total. The van der Waals surface area contributed by atoms with Gasteiger partial charge in [0, 0.05) is 35.1 Å². The zero-order valence-corrected chi connectivity index (χ0v) is 13.0. The quantitative estimate of drug-likeness (QED) is 0.498. The van der Waals surface area contributed by atoms with Crippen molar-refractivity contribution >= 4 is 41.0 Å². The summed E-state index contributed by atoms with van der Waals surface area (Å²) in [5.41, 5.74) is -0.0904. The summed E-state index contributed by atoms with van der Waals surface area (Å²) < 4.78 is 4.58. The van der Waals surface area contributed by atoms with E-state index in [-0.39, 0.29) is 17.2 Å². The van der Waals surface area contributed by atoms with Crippen LogP contribution in [0, 0.1) is 10.1 Å². The van der Waals surface area contributed by atoms with Crippen LogP contribution in [0.3, 0.4) is 0 Å². The van der Waals surface area contributed by atoms with Crippen LogP contribution in [0.2, 0.25) is 0 Å². The van der Waals surface area contributed by atoms with Crippen molar-refractivity contribution in [1.29, 1.82) is 0 Å². The van der Waals surface area contributed by atoms with Crippen molar-refractivity contribution in [2.24, 2.45) is 0 Å². The fourth-order valence-electron chi connectivity index (χ4n) is 1.81. The Hall–Kier alpha value is -1.48. The van der Waals surface area contributed by atoms with Gasteiger partial charge in [0.25, 0.3) is 0 Å². The normalized spacial score (nSPS) is 18.0. The molecule has 0 aliphatic carbocycles. The van der Waals surface area contributed by atoms with Crippen LogP contribution in [-0.2, 0) is 4.74 Å². The third kappa shape index (κ3) is 4.24. The number of ether oxygens (including phenoxy) is 1. The van der Waals surface area contributed by atoms with Crippen molar-refractivity contribution in [3.63, 3.8) is 0 Å². The minimum absolute atomic E-state index is 0.0521. The maximum atomic E-state index is 11.5. The summed E-state index contributed by atoms with van der Waals surface area (Å²) >= 11 is 3.71. The summed E-state index contributed by atoms with van der Waals surface area (Å²) in [7, 11) is 1.24. The molecule has 0 saturated carbocycles. The molecule has 1 aromatic heterocycles. The molecule has 9 heteroatoms. The number of nitro groups is 1. The highest BCUT2D eigenvalue weighted by Crippen LogP contribution is 2.26. The highest BCUT2D eigenvalue weighted by Gasteiger charge is 2.21. The number of rotatable bonds is 5. The van der Waals surface area contributed by atoms with Crippen LogP contribution in [0.1, 0.15) is 10.5 Å². The molecule has 1 atom stereocenters. The minimum atomic E-state index is -0.615. The maximum Gasteiger partial charge on any atom is 0.356 e. The second-order valence-electron chi connectivity index (χ2n) is 4.26. The smallest absolute Gasteiger partial charge is 0.356 e. The molecule has 0 spiro atoms.